The zero-order chi connectivity index (χ0) is 17.5. The van der Waals surface area contributed by atoms with Crippen molar-refractivity contribution >= 4 is 23.0 Å². The van der Waals surface area contributed by atoms with Crippen LogP contribution in [0.15, 0.2) is 70.7 Å². The molecule has 0 saturated heterocycles. The van der Waals surface area contributed by atoms with Crippen molar-refractivity contribution in [1.82, 2.24) is 4.90 Å². The Labute approximate surface area is 150 Å². The fourth-order valence-corrected chi connectivity index (χ4v) is 3.28. The molecule has 0 aliphatic rings. The molecular formula is C20H19NO3S. The third-order valence-electron chi connectivity index (χ3n) is 3.87. The summed E-state index contributed by atoms with van der Waals surface area (Å²) in [6.45, 7) is 0.931. The highest BCUT2D eigenvalue weighted by Gasteiger charge is 2.18. The van der Waals surface area contributed by atoms with Crippen LogP contribution in [-0.4, -0.2) is 16.6 Å². The second kappa shape index (κ2) is 8.44. The molecule has 4 nitrogen and oxygen atoms in total. The van der Waals surface area contributed by atoms with E-state index in [9.17, 15) is 9.59 Å². The predicted octanol–water partition coefficient (Wildman–Crippen LogP) is 4.53. The number of benzene rings is 1. The molecule has 3 aromatic rings. The summed E-state index contributed by atoms with van der Waals surface area (Å²) in [5.74, 6) is 0.677. The third-order valence-corrected chi connectivity index (χ3v) is 4.73. The topological polar surface area (TPSA) is 50.5 Å². The first kappa shape index (κ1) is 17.2. The molecule has 2 heterocycles. The van der Waals surface area contributed by atoms with Crippen LogP contribution in [0.1, 0.15) is 33.8 Å². The monoisotopic (exact) mass is 353 g/mol. The summed E-state index contributed by atoms with van der Waals surface area (Å²) in [4.78, 5) is 27.7. The molecule has 0 fully saturated rings. The number of nitrogens with zero attached hydrogens (tertiary/aromatic N) is 1. The van der Waals surface area contributed by atoms with E-state index < -0.39 is 0 Å². The molecular weight excluding hydrogens is 334 g/mol. The number of hydrogen-bond donors (Lipinski definition) is 0. The minimum Gasteiger partial charge on any atom is -0.467 e. The number of Topliss-reactive ketones (excluding diaryl/α,β-unsaturated/α-hetero) is 1. The van der Waals surface area contributed by atoms with Crippen LogP contribution in [0.2, 0.25) is 0 Å². The highest BCUT2D eigenvalue weighted by Crippen LogP contribution is 2.17. The molecule has 25 heavy (non-hydrogen) atoms. The van der Waals surface area contributed by atoms with E-state index in [1.165, 1.54) is 0 Å². The van der Waals surface area contributed by atoms with Crippen molar-refractivity contribution in [2.75, 3.05) is 0 Å². The van der Waals surface area contributed by atoms with Crippen LogP contribution in [0.4, 0.5) is 0 Å². The maximum atomic E-state index is 12.7. The Morgan fingerprint density at radius 3 is 2.44 bits per heavy atom. The quantitative estimate of drug-likeness (QED) is 0.559. The highest BCUT2D eigenvalue weighted by molar-refractivity contribution is 7.09. The van der Waals surface area contributed by atoms with Crippen molar-refractivity contribution in [3.63, 3.8) is 0 Å². The summed E-state index contributed by atoms with van der Waals surface area (Å²) in [7, 11) is 0. The van der Waals surface area contributed by atoms with Gasteiger partial charge in [0.15, 0.2) is 5.78 Å². The Hall–Kier alpha value is -2.66. The SMILES string of the molecule is O=C(CCC(=O)N(Cc1ccco1)Cc1cccs1)c1ccccc1. The van der Waals surface area contributed by atoms with Crippen LogP contribution in [-0.2, 0) is 17.9 Å². The summed E-state index contributed by atoms with van der Waals surface area (Å²) in [5.41, 5.74) is 0.645. The molecule has 0 atom stereocenters. The summed E-state index contributed by atoms with van der Waals surface area (Å²) >= 11 is 1.61. The van der Waals surface area contributed by atoms with E-state index in [-0.39, 0.29) is 24.5 Å². The van der Waals surface area contributed by atoms with Gasteiger partial charge in [-0.25, -0.2) is 0 Å². The molecule has 2 aromatic heterocycles. The average molecular weight is 353 g/mol. The number of thiophene rings is 1. The molecule has 0 aliphatic heterocycles. The van der Waals surface area contributed by atoms with Crippen molar-refractivity contribution in [1.29, 1.82) is 0 Å². The van der Waals surface area contributed by atoms with Gasteiger partial charge in [0, 0.05) is 23.3 Å². The Morgan fingerprint density at radius 2 is 1.76 bits per heavy atom. The summed E-state index contributed by atoms with van der Waals surface area (Å²) < 4.78 is 5.37. The van der Waals surface area contributed by atoms with Gasteiger partial charge in [0.2, 0.25) is 5.91 Å². The van der Waals surface area contributed by atoms with E-state index in [2.05, 4.69) is 0 Å². The molecule has 0 unspecified atom stereocenters. The van der Waals surface area contributed by atoms with Crippen molar-refractivity contribution in [3.05, 3.63) is 82.4 Å². The van der Waals surface area contributed by atoms with Crippen LogP contribution < -0.4 is 0 Å². The molecule has 0 spiro atoms. The fourth-order valence-electron chi connectivity index (χ4n) is 2.56. The number of ketones is 1. The maximum Gasteiger partial charge on any atom is 0.223 e. The zero-order valence-corrected chi connectivity index (χ0v) is 14.6. The molecule has 0 radical (unpaired) electrons. The van der Waals surface area contributed by atoms with E-state index in [0.29, 0.717) is 18.7 Å². The first-order chi connectivity index (χ1) is 12.2. The van der Waals surface area contributed by atoms with Gasteiger partial charge in [-0.05, 0) is 23.6 Å². The number of carbonyl (C=O) groups is 2. The van der Waals surface area contributed by atoms with Gasteiger partial charge in [-0.3, -0.25) is 9.59 Å². The molecule has 0 bridgehead atoms. The second-order valence-electron chi connectivity index (χ2n) is 5.70. The number of furan rings is 1. The van der Waals surface area contributed by atoms with E-state index in [1.54, 1.807) is 34.6 Å². The summed E-state index contributed by atoms with van der Waals surface area (Å²) in [5, 5.41) is 1.99. The molecule has 0 aliphatic carbocycles. The van der Waals surface area contributed by atoms with Crippen molar-refractivity contribution in [2.24, 2.45) is 0 Å². The lowest BCUT2D eigenvalue weighted by atomic mass is 10.1. The maximum absolute atomic E-state index is 12.7. The molecule has 0 N–H and O–H groups in total. The van der Waals surface area contributed by atoms with Crippen LogP contribution in [0.25, 0.3) is 0 Å². The number of carbonyl (C=O) groups excluding carboxylic acids is 2. The van der Waals surface area contributed by atoms with Gasteiger partial charge in [-0.15, -0.1) is 11.3 Å². The van der Waals surface area contributed by atoms with Gasteiger partial charge in [-0.2, -0.15) is 0 Å². The van der Waals surface area contributed by atoms with Gasteiger partial charge in [-0.1, -0.05) is 36.4 Å². The van der Waals surface area contributed by atoms with Crippen LogP contribution in [0.3, 0.4) is 0 Å². The molecule has 5 heteroatoms. The van der Waals surface area contributed by atoms with E-state index in [4.69, 9.17) is 4.42 Å². The normalized spacial score (nSPS) is 10.6. The third kappa shape index (κ3) is 4.90. The van der Waals surface area contributed by atoms with E-state index >= 15 is 0 Å². The van der Waals surface area contributed by atoms with Crippen molar-refractivity contribution in [2.45, 2.75) is 25.9 Å². The molecule has 3 rings (SSSR count). The number of rotatable bonds is 8. The van der Waals surface area contributed by atoms with Gasteiger partial charge in [0.25, 0.3) is 0 Å². The first-order valence-corrected chi connectivity index (χ1v) is 9.01. The Bertz CT molecular complexity index is 759. The Morgan fingerprint density at radius 1 is 0.920 bits per heavy atom. The van der Waals surface area contributed by atoms with Gasteiger partial charge < -0.3 is 9.32 Å². The number of hydrogen-bond acceptors (Lipinski definition) is 4. The molecule has 0 saturated carbocycles. The standard InChI is InChI=1S/C20H19NO3S/c22-19(16-6-2-1-3-7-16)10-11-20(23)21(14-17-8-4-12-24-17)15-18-9-5-13-25-18/h1-9,12-13H,10-11,14-15H2. The van der Waals surface area contributed by atoms with Crippen molar-refractivity contribution in [3.8, 4) is 0 Å². The van der Waals surface area contributed by atoms with Gasteiger partial charge >= 0.3 is 0 Å². The molecule has 1 amide bonds. The van der Waals surface area contributed by atoms with Crippen LogP contribution >= 0.6 is 11.3 Å². The van der Waals surface area contributed by atoms with Crippen LogP contribution in [0, 0.1) is 0 Å². The predicted molar refractivity (Wildman–Crippen MR) is 97.3 cm³/mol. The first-order valence-electron chi connectivity index (χ1n) is 8.13. The molecule has 1 aromatic carbocycles. The second-order valence-corrected chi connectivity index (χ2v) is 6.73. The Kier molecular flexibility index (Phi) is 5.80. The summed E-state index contributed by atoms with van der Waals surface area (Å²) in [6, 6.07) is 16.7. The minimum absolute atomic E-state index is 0.0111. The smallest absolute Gasteiger partial charge is 0.223 e. The Balaban J connectivity index is 1.62. The van der Waals surface area contributed by atoms with Crippen LogP contribution in [0.5, 0.6) is 0 Å². The summed E-state index contributed by atoms with van der Waals surface area (Å²) in [6.07, 6.45) is 2.00. The number of amides is 1. The van der Waals surface area contributed by atoms with Crippen molar-refractivity contribution < 1.29 is 14.0 Å². The van der Waals surface area contributed by atoms with Gasteiger partial charge in [0.05, 0.1) is 19.4 Å². The van der Waals surface area contributed by atoms with E-state index in [1.807, 2.05) is 47.8 Å². The zero-order valence-electron chi connectivity index (χ0n) is 13.8. The lowest BCUT2D eigenvalue weighted by Gasteiger charge is -2.21. The minimum atomic E-state index is -0.0471. The highest BCUT2D eigenvalue weighted by atomic mass is 32.1. The van der Waals surface area contributed by atoms with E-state index in [0.717, 1.165) is 10.6 Å². The average Bonchev–Trinajstić information content (AvgIpc) is 3.33. The largest absolute Gasteiger partial charge is 0.467 e. The lowest BCUT2D eigenvalue weighted by Crippen LogP contribution is -2.30. The molecule has 128 valence electrons. The fraction of sp³-hybridized carbons (Fsp3) is 0.200. The van der Waals surface area contributed by atoms with Gasteiger partial charge in [0.1, 0.15) is 5.76 Å². The lowest BCUT2D eigenvalue weighted by molar-refractivity contribution is -0.132.